The fraction of sp³-hybridized carbons (Fsp3) is 0.294. The van der Waals surface area contributed by atoms with Crippen molar-refractivity contribution in [2.75, 3.05) is 6.54 Å². The number of hydrogen-bond acceptors (Lipinski definition) is 1. The van der Waals surface area contributed by atoms with Crippen LogP contribution in [0.1, 0.15) is 30.5 Å². The van der Waals surface area contributed by atoms with Crippen molar-refractivity contribution in [3.63, 3.8) is 0 Å². The van der Waals surface area contributed by atoms with Gasteiger partial charge in [-0.3, -0.25) is 0 Å². The van der Waals surface area contributed by atoms with E-state index >= 15 is 0 Å². The fourth-order valence-corrected chi connectivity index (χ4v) is 2.74. The summed E-state index contributed by atoms with van der Waals surface area (Å²) in [5.41, 5.74) is 2.28. The molecule has 0 spiro atoms. The zero-order valence-electron chi connectivity index (χ0n) is 11.9. The molecule has 1 unspecified atom stereocenters. The van der Waals surface area contributed by atoms with Gasteiger partial charge in [0.2, 0.25) is 0 Å². The van der Waals surface area contributed by atoms with Crippen LogP contribution < -0.4 is 5.32 Å². The molecular formula is C17H18ClFIN. The van der Waals surface area contributed by atoms with Crippen molar-refractivity contribution in [3.8, 4) is 0 Å². The Morgan fingerprint density at radius 3 is 2.52 bits per heavy atom. The smallest absolute Gasteiger partial charge is 0.123 e. The minimum atomic E-state index is -0.200. The van der Waals surface area contributed by atoms with Crippen LogP contribution in [0.3, 0.4) is 0 Å². The first-order chi connectivity index (χ1) is 10.1. The Bertz CT molecular complexity index is 586. The van der Waals surface area contributed by atoms with E-state index in [-0.39, 0.29) is 11.9 Å². The summed E-state index contributed by atoms with van der Waals surface area (Å²) in [5.74, 6) is -0.200. The second-order valence-electron chi connectivity index (χ2n) is 5.01. The highest BCUT2D eigenvalue weighted by atomic mass is 127. The Balaban J connectivity index is 2.20. The van der Waals surface area contributed by atoms with Gasteiger partial charge in [-0.25, -0.2) is 4.39 Å². The van der Waals surface area contributed by atoms with Crippen molar-refractivity contribution in [2.45, 2.75) is 25.8 Å². The van der Waals surface area contributed by atoms with Gasteiger partial charge in [0.05, 0.1) is 5.02 Å². The van der Waals surface area contributed by atoms with Gasteiger partial charge in [-0.2, -0.15) is 0 Å². The van der Waals surface area contributed by atoms with Crippen molar-refractivity contribution >= 4 is 34.2 Å². The maximum absolute atomic E-state index is 13.0. The molecule has 112 valence electrons. The number of halogens is 3. The summed E-state index contributed by atoms with van der Waals surface area (Å²) in [4.78, 5) is 0. The van der Waals surface area contributed by atoms with E-state index in [1.54, 1.807) is 0 Å². The molecule has 0 aliphatic rings. The molecule has 0 aliphatic carbocycles. The summed E-state index contributed by atoms with van der Waals surface area (Å²) in [7, 11) is 0. The monoisotopic (exact) mass is 417 g/mol. The predicted octanol–water partition coefficient (Wildman–Crippen LogP) is 5.37. The standard InChI is InChI=1S/C17H18ClFIN/c1-2-9-21-17(10-12-3-6-14(19)7-4-12)13-5-8-16(20)15(18)11-13/h3-8,11,17,21H,2,9-10H2,1H3. The molecule has 1 atom stereocenters. The van der Waals surface area contributed by atoms with Gasteiger partial charge in [0.1, 0.15) is 5.82 Å². The largest absolute Gasteiger partial charge is 0.310 e. The molecular weight excluding hydrogens is 400 g/mol. The molecule has 1 nitrogen and oxygen atoms in total. The second kappa shape index (κ2) is 8.11. The molecule has 4 heteroatoms. The summed E-state index contributed by atoms with van der Waals surface area (Å²) < 4.78 is 14.1. The van der Waals surface area contributed by atoms with Gasteiger partial charge >= 0.3 is 0 Å². The first kappa shape index (κ1) is 16.7. The molecule has 21 heavy (non-hydrogen) atoms. The molecule has 0 saturated carbocycles. The van der Waals surface area contributed by atoms with Crippen LogP contribution in [0.4, 0.5) is 4.39 Å². The van der Waals surface area contributed by atoms with Gasteiger partial charge in [0.15, 0.2) is 0 Å². The molecule has 2 aromatic carbocycles. The van der Waals surface area contributed by atoms with E-state index in [4.69, 9.17) is 11.6 Å². The third kappa shape index (κ3) is 4.94. The first-order valence-corrected chi connectivity index (χ1v) is 8.48. The minimum absolute atomic E-state index is 0.185. The number of rotatable bonds is 6. The SMILES string of the molecule is CCCNC(Cc1ccc(F)cc1)c1ccc(I)c(Cl)c1. The lowest BCUT2D eigenvalue weighted by Gasteiger charge is -2.20. The van der Waals surface area contributed by atoms with Gasteiger partial charge < -0.3 is 5.32 Å². The quantitative estimate of drug-likeness (QED) is 0.623. The second-order valence-corrected chi connectivity index (χ2v) is 6.58. The Hall–Kier alpha value is -0.650. The van der Waals surface area contributed by atoms with Gasteiger partial charge in [-0.1, -0.05) is 36.7 Å². The Labute approximate surface area is 144 Å². The summed E-state index contributed by atoms with van der Waals surface area (Å²) >= 11 is 8.46. The van der Waals surface area contributed by atoms with E-state index in [1.807, 2.05) is 24.3 Å². The van der Waals surface area contributed by atoms with E-state index < -0.39 is 0 Å². The van der Waals surface area contributed by atoms with Gasteiger partial charge in [-0.05, 0) is 77.4 Å². The molecule has 2 aromatic rings. The summed E-state index contributed by atoms with van der Waals surface area (Å²) in [6.45, 7) is 3.08. The van der Waals surface area contributed by atoms with E-state index in [0.717, 1.165) is 39.1 Å². The summed E-state index contributed by atoms with van der Waals surface area (Å²) in [6, 6.07) is 13.0. The Morgan fingerprint density at radius 1 is 1.19 bits per heavy atom. The van der Waals surface area contributed by atoms with Crippen LogP contribution in [0.25, 0.3) is 0 Å². The van der Waals surface area contributed by atoms with E-state index in [0.29, 0.717) is 0 Å². The zero-order chi connectivity index (χ0) is 15.2. The topological polar surface area (TPSA) is 12.0 Å². The van der Waals surface area contributed by atoms with Crippen LogP contribution in [0.5, 0.6) is 0 Å². The van der Waals surface area contributed by atoms with Gasteiger partial charge in [-0.15, -0.1) is 0 Å². The molecule has 0 bridgehead atoms. The van der Waals surface area contributed by atoms with Crippen LogP contribution in [0, 0.1) is 9.39 Å². The van der Waals surface area contributed by atoms with Crippen molar-refractivity contribution < 1.29 is 4.39 Å². The van der Waals surface area contributed by atoms with Crippen molar-refractivity contribution in [2.24, 2.45) is 0 Å². The van der Waals surface area contributed by atoms with Crippen LogP contribution >= 0.6 is 34.2 Å². The molecule has 0 amide bonds. The summed E-state index contributed by atoms with van der Waals surface area (Å²) in [5, 5.41) is 4.31. The van der Waals surface area contributed by atoms with Crippen molar-refractivity contribution in [1.29, 1.82) is 0 Å². The van der Waals surface area contributed by atoms with E-state index in [9.17, 15) is 4.39 Å². The lowest BCUT2D eigenvalue weighted by Crippen LogP contribution is -2.24. The normalized spacial score (nSPS) is 12.4. The highest BCUT2D eigenvalue weighted by molar-refractivity contribution is 14.1. The van der Waals surface area contributed by atoms with Crippen LogP contribution in [-0.4, -0.2) is 6.54 Å². The Kier molecular flexibility index (Phi) is 6.45. The third-order valence-corrected chi connectivity index (χ3v) is 4.91. The third-order valence-electron chi connectivity index (χ3n) is 3.34. The molecule has 0 fully saturated rings. The van der Waals surface area contributed by atoms with Crippen LogP contribution in [-0.2, 0) is 6.42 Å². The molecule has 0 radical (unpaired) electrons. The zero-order valence-corrected chi connectivity index (χ0v) is 14.8. The number of benzene rings is 2. The highest BCUT2D eigenvalue weighted by Gasteiger charge is 2.13. The maximum Gasteiger partial charge on any atom is 0.123 e. The minimum Gasteiger partial charge on any atom is -0.310 e. The van der Waals surface area contributed by atoms with E-state index in [2.05, 4.69) is 40.9 Å². The van der Waals surface area contributed by atoms with Crippen LogP contribution in [0.15, 0.2) is 42.5 Å². The molecule has 0 saturated heterocycles. The fourth-order valence-electron chi connectivity index (χ4n) is 2.21. The van der Waals surface area contributed by atoms with Crippen LogP contribution in [0.2, 0.25) is 5.02 Å². The average molecular weight is 418 g/mol. The first-order valence-electron chi connectivity index (χ1n) is 7.03. The van der Waals surface area contributed by atoms with Crippen molar-refractivity contribution in [3.05, 3.63) is 68.0 Å². The summed E-state index contributed by atoms with van der Waals surface area (Å²) in [6.07, 6.45) is 1.88. The highest BCUT2D eigenvalue weighted by Crippen LogP contribution is 2.25. The lowest BCUT2D eigenvalue weighted by molar-refractivity contribution is 0.528. The lowest BCUT2D eigenvalue weighted by atomic mass is 9.98. The van der Waals surface area contributed by atoms with Gasteiger partial charge in [0, 0.05) is 9.61 Å². The average Bonchev–Trinajstić information content (AvgIpc) is 2.48. The van der Waals surface area contributed by atoms with Gasteiger partial charge in [0.25, 0.3) is 0 Å². The molecule has 0 heterocycles. The predicted molar refractivity (Wildman–Crippen MR) is 95.3 cm³/mol. The maximum atomic E-state index is 13.0. The molecule has 0 aliphatic heterocycles. The Morgan fingerprint density at radius 2 is 1.90 bits per heavy atom. The van der Waals surface area contributed by atoms with E-state index in [1.165, 1.54) is 12.1 Å². The number of hydrogen-bond donors (Lipinski definition) is 1. The number of nitrogens with one attached hydrogen (secondary N) is 1. The molecule has 0 aromatic heterocycles. The molecule has 1 N–H and O–H groups in total. The van der Waals surface area contributed by atoms with Crippen molar-refractivity contribution in [1.82, 2.24) is 5.32 Å². The molecule has 2 rings (SSSR count).